The van der Waals surface area contributed by atoms with Gasteiger partial charge in [0.15, 0.2) is 0 Å². The van der Waals surface area contributed by atoms with Crippen LogP contribution < -0.4 is 0 Å². The van der Waals surface area contributed by atoms with E-state index in [2.05, 4.69) is 45.0 Å². The Balaban J connectivity index is 1.42. The summed E-state index contributed by atoms with van der Waals surface area (Å²) in [6.07, 6.45) is 3.79. The normalized spacial score (nSPS) is 15.0. The molecule has 0 saturated heterocycles. The molecule has 0 bridgehead atoms. The van der Waals surface area contributed by atoms with Gasteiger partial charge < -0.3 is 4.74 Å². The van der Waals surface area contributed by atoms with Crippen molar-refractivity contribution in [3.8, 4) is 22.5 Å². The van der Waals surface area contributed by atoms with Crippen LogP contribution in [0.2, 0.25) is 5.15 Å². The highest BCUT2D eigenvalue weighted by molar-refractivity contribution is 6.29. The molecule has 1 unspecified atom stereocenters. The van der Waals surface area contributed by atoms with Gasteiger partial charge in [-0.05, 0) is 48.2 Å². The number of hydrogen-bond acceptors (Lipinski definition) is 4. The van der Waals surface area contributed by atoms with Crippen LogP contribution in [0, 0.1) is 0 Å². The van der Waals surface area contributed by atoms with Crippen molar-refractivity contribution in [2.45, 2.75) is 25.5 Å². The lowest BCUT2D eigenvalue weighted by Gasteiger charge is -2.12. The third-order valence-corrected chi connectivity index (χ3v) is 6.58. The van der Waals surface area contributed by atoms with E-state index in [1.807, 2.05) is 48.7 Å². The Morgan fingerprint density at radius 3 is 2.68 bits per heavy atom. The lowest BCUT2D eigenvalue weighted by molar-refractivity contribution is 0.0889. The molecule has 4 heterocycles. The number of rotatable bonds is 6. The Kier molecular flexibility index (Phi) is 5.57. The molecule has 0 aliphatic carbocycles. The van der Waals surface area contributed by atoms with E-state index in [4.69, 9.17) is 21.4 Å². The van der Waals surface area contributed by atoms with E-state index in [1.165, 1.54) is 11.3 Å². The van der Waals surface area contributed by atoms with Crippen LogP contribution in [0.3, 0.4) is 0 Å². The molecule has 168 valence electrons. The molecule has 0 saturated carbocycles. The molecular formula is C28H23ClN4O. The zero-order chi connectivity index (χ0) is 22.9. The second-order valence-corrected chi connectivity index (χ2v) is 8.92. The summed E-state index contributed by atoms with van der Waals surface area (Å²) < 4.78 is 8.25. The summed E-state index contributed by atoms with van der Waals surface area (Å²) in [5.74, 6) is 0. The van der Waals surface area contributed by atoms with Crippen LogP contribution in [0.4, 0.5) is 0 Å². The second-order valence-electron chi connectivity index (χ2n) is 8.53. The standard InChI is InChI=1S/C28H23ClN4O/c29-26-12-6-11-24(31-26)28-27(22-15-16-30-23-10-5-4-9-21(22)23)25-14-13-20(33(25)32-28)18-34-17-19-7-2-1-3-8-19/h1-12,15-16,20H,13-14,17-18H2. The van der Waals surface area contributed by atoms with Gasteiger partial charge in [0, 0.05) is 22.8 Å². The SMILES string of the molecule is Clc1cccc(-c2nn3c(c2-c2ccnc4ccccc24)CCC3COCc2ccccc2)n1. The first-order valence-corrected chi connectivity index (χ1v) is 11.9. The molecule has 0 spiro atoms. The molecule has 1 aliphatic heterocycles. The molecule has 34 heavy (non-hydrogen) atoms. The number of aromatic nitrogens is 4. The first kappa shape index (κ1) is 21.0. The van der Waals surface area contributed by atoms with Gasteiger partial charge in [0.05, 0.1) is 30.5 Å². The van der Waals surface area contributed by atoms with E-state index in [1.54, 1.807) is 6.07 Å². The first-order chi connectivity index (χ1) is 16.8. The summed E-state index contributed by atoms with van der Waals surface area (Å²) in [6, 6.07) is 26.4. The molecule has 6 rings (SSSR count). The van der Waals surface area contributed by atoms with Crippen molar-refractivity contribution in [3.05, 3.63) is 101 Å². The molecule has 2 aromatic carbocycles. The van der Waals surface area contributed by atoms with Crippen LogP contribution in [-0.4, -0.2) is 26.4 Å². The summed E-state index contributed by atoms with van der Waals surface area (Å²) in [5, 5.41) is 6.65. The maximum Gasteiger partial charge on any atom is 0.129 e. The molecule has 5 aromatic rings. The van der Waals surface area contributed by atoms with Gasteiger partial charge >= 0.3 is 0 Å². The number of nitrogens with zero attached hydrogens (tertiary/aromatic N) is 4. The number of fused-ring (bicyclic) bond motifs is 2. The lowest BCUT2D eigenvalue weighted by Crippen LogP contribution is -2.13. The van der Waals surface area contributed by atoms with Crippen molar-refractivity contribution in [2.75, 3.05) is 6.61 Å². The van der Waals surface area contributed by atoms with E-state index >= 15 is 0 Å². The number of hydrogen-bond donors (Lipinski definition) is 0. The quantitative estimate of drug-likeness (QED) is 0.267. The highest BCUT2D eigenvalue weighted by Crippen LogP contribution is 2.42. The fourth-order valence-corrected chi connectivity index (χ4v) is 4.96. The average Bonchev–Trinajstić information content (AvgIpc) is 3.44. The van der Waals surface area contributed by atoms with Crippen LogP contribution in [0.1, 0.15) is 23.7 Å². The van der Waals surface area contributed by atoms with Gasteiger partial charge in [-0.3, -0.25) is 9.67 Å². The summed E-state index contributed by atoms with van der Waals surface area (Å²) in [5.41, 5.74) is 7.20. The Hall–Kier alpha value is -3.54. The van der Waals surface area contributed by atoms with Gasteiger partial charge in [0.2, 0.25) is 0 Å². The molecule has 5 nitrogen and oxygen atoms in total. The molecule has 1 aliphatic rings. The van der Waals surface area contributed by atoms with E-state index in [9.17, 15) is 0 Å². The fraction of sp³-hybridized carbons (Fsp3) is 0.179. The Labute approximate surface area is 203 Å². The minimum Gasteiger partial charge on any atom is -0.375 e. The first-order valence-electron chi connectivity index (χ1n) is 11.5. The smallest absolute Gasteiger partial charge is 0.129 e. The van der Waals surface area contributed by atoms with Crippen molar-refractivity contribution < 1.29 is 4.74 Å². The summed E-state index contributed by atoms with van der Waals surface area (Å²) in [7, 11) is 0. The summed E-state index contributed by atoms with van der Waals surface area (Å²) >= 11 is 6.26. The number of halogens is 1. The van der Waals surface area contributed by atoms with Gasteiger partial charge in [0.25, 0.3) is 0 Å². The molecule has 6 heteroatoms. The van der Waals surface area contributed by atoms with Crippen molar-refractivity contribution >= 4 is 22.5 Å². The Bertz CT molecular complexity index is 1460. The number of para-hydroxylation sites is 1. The number of ether oxygens (including phenoxy) is 1. The molecule has 0 N–H and O–H groups in total. The van der Waals surface area contributed by atoms with E-state index < -0.39 is 0 Å². The van der Waals surface area contributed by atoms with Gasteiger partial charge in [0.1, 0.15) is 10.8 Å². The third kappa shape index (κ3) is 3.87. The topological polar surface area (TPSA) is 52.8 Å². The van der Waals surface area contributed by atoms with Gasteiger partial charge in [-0.25, -0.2) is 4.98 Å². The van der Waals surface area contributed by atoms with Crippen molar-refractivity contribution in [1.29, 1.82) is 0 Å². The fourth-order valence-electron chi connectivity index (χ4n) is 4.79. The third-order valence-electron chi connectivity index (χ3n) is 6.37. The minimum absolute atomic E-state index is 0.179. The Morgan fingerprint density at radius 2 is 1.79 bits per heavy atom. The summed E-state index contributed by atoms with van der Waals surface area (Å²) in [6.45, 7) is 1.21. The van der Waals surface area contributed by atoms with Gasteiger partial charge in [-0.2, -0.15) is 5.10 Å². The molecule has 0 amide bonds. The van der Waals surface area contributed by atoms with Crippen molar-refractivity contribution in [3.63, 3.8) is 0 Å². The maximum atomic E-state index is 6.26. The predicted molar refractivity (Wildman–Crippen MR) is 135 cm³/mol. The molecule has 1 atom stereocenters. The minimum atomic E-state index is 0.179. The largest absolute Gasteiger partial charge is 0.375 e. The zero-order valence-corrected chi connectivity index (χ0v) is 19.3. The van der Waals surface area contributed by atoms with Crippen LogP contribution in [-0.2, 0) is 17.8 Å². The van der Waals surface area contributed by atoms with Crippen LogP contribution in [0.15, 0.2) is 85.1 Å². The number of pyridine rings is 2. The van der Waals surface area contributed by atoms with Gasteiger partial charge in [-0.15, -0.1) is 0 Å². The molecule has 3 aromatic heterocycles. The average molecular weight is 467 g/mol. The second kappa shape index (κ2) is 9.01. The lowest BCUT2D eigenvalue weighted by atomic mass is 9.96. The van der Waals surface area contributed by atoms with Crippen molar-refractivity contribution in [1.82, 2.24) is 19.7 Å². The predicted octanol–water partition coefficient (Wildman–Crippen LogP) is 6.52. The summed E-state index contributed by atoms with van der Waals surface area (Å²) in [4.78, 5) is 9.15. The van der Waals surface area contributed by atoms with E-state index in [0.29, 0.717) is 18.4 Å². The zero-order valence-electron chi connectivity index (χ0n) is 18.6. The van der Waals surface area contributed by atoms with Crippen LogP contribution >= 0.6 is 11.6 Å². The van der Waals surface area contributed by atoms with Gasteiger partial charge in [-0.1, -0.05) is 66.2 Å². The van der Waals surface area contributed by atoms with Crippen molar-refractivity contribution in [2.24, 2.45) is 0 Å². The molecular weight excluding hydrogens is 444 g/mol. The van der Waals surface area contributed by atoms with Crippen LogP contribution in [0.25, 0.3) is 33.4 Å². The van der Waals surface area contributed by atoms with E-state index in [-0.39, 0.29) is 6.04 Å². The highest BCUT2D eigenvalue weighted by atomic mass is 35.5. The highest BCUT2D eigenvalue weighted by Gasteiger charge is 2.31. The van der Waals surface area contributed by atoms with Crippen LogP contribution in [0.5, 0.6) is 0 Å². The Morgan fingerprint density at radius 1 is 0.941 bits per heavy atom. The molecule has 0 fully saturated rings. The number of benzene rings is 2. The van der Waals surface area contributed by atoms with E-state index in [0.717, 1.165) is 46.3 Å². The monoisotopic (exact) mass is 466 g/mol. The molecule has 0 radical (unpaired) electrons. The maximum absolute atomic E-state index is 6.26.